The van der Waals surface area contributed by atoms with E-state index in [-0.39, 0.29) is 11.8 Å². The van der Waals surface area contributed by atoms with E-state index in [1.165, 1.54) is 0 Å². The number of hydrogen-bond donors (Lipinski definition) is 2. The molecule has 0 radical (unpaired) electrons. The minimum Gasteiger partial charge on any atom is -0.477 e. The lowest BCUT2D eigenvalue weighted by Gasteiger charge is -2.10. The van der Waals surface area contributed by atoms with Crippen LogP contribution in [0.5, 0.6) is 5.75 Å². The minimum absolute atomic E-state index is 0.164. The maximum Gasteiger partial charge on any atom is 0.321 e. The van der Waals surface area contributed by atoms with E-state index >= 15 is 0 Å². The zero-order chi connectivity index (χ0) is 16.0. The summed E-state index contributed by atoms with van der Waals surface area (Å²) in [4.78, 5) is 32.6. The Morgan fingerprint density at radius 3 is 2.67 bits per heavy atom. The van der Waals surface area contributed by atoms with E-state index in [9.17, 15) is 24.1 Å². The zero-order valence-corrected chi connectivity index (χ0v) is 11.4. The Kier molecular flexibility index (Phi) is 5.58. The summed E-state index contributed by atoms with van der Waals surface area (Å²) in [6.07, 6.45) is 0. The first kappa shape index (κ1) is 16.3. The summed E-state index contributed by atoms with van der Waals surface area (Å²) in [5.74, 6) is -1.94. The topological polar surface area (TPSA) is 111 Å². The van der Waals surface area contributed by atoms with Gasteiger partial charge in [0.05, 0.1) is 4.92 Å². The average molecular weight is 299 g/mol. The molecule has 1 aromatic rings. The van der Waals surface area contributed by atoms with Crippen LogP contribution in [0.2, 0.25) is 0 Å². The molecule has 21 heavy (non-hydrogen) atoms. The third-order valence-electron chi connectivity index (χ3n) is 2.15. The number of urea groups is 1. The molecule has 9 heteroatoms. The maximum atomic E-state index is 13.0. The van der Waals surface area contributed by atoms with Gasteiger partial charge in [-0.1, -0.05) is 0 Å². The number of carbonyl (C=O) groups excluding carboxylic acids is 2. The number of amides is 3. The molecule has 0 atom stereocenters. The summed E-state index contributed by atoms with van der Waals surface area (Å²) in [6, 6.07) is 1.74. The molecule has 0 aromatic heterocycles. The molecule has 0 fully saturated rings. The second kappa shape index (κ2) is 7.17. The van der Waals surface area contributed by atoms with Crippen LogP contribution in [-0.2, 0) is 4.79 Å². The Bertz CT molecular complexity index is 562. The lowest BCUT2D eigenvalue weighted by atomic mass is 10.3. The van der Waals surface area contributed by atoms with Crippen LogP contribution in [0.3, 0.4) is 0 Å². The van der Waals surface area contributed by atoms with Gasteiger partial charge >= 0.3 is 11.7 Å². The molecule has 3 amide bonds. The highest BCUT2D eigenvalue weighted by atomic mass is 19.1. The largest absolute Gasteiger partial charge is 0.477 e. The van der Waals surface area contributed by atoms with Gasteiger partial charge in [-0.05, 0) is 19.9 Å². The summed E-state index contributed by atoms with van der Waals surface area (Å²) >= 11 is 0. The number of benzene rings is 1. The van der Waals surface area contributed by atoms with Crippen LogP contribution in [0.4, 0.5) is 14.9 Å². The molecule has 0 unspecified atom stereocenters. The van der Waals surface area contributed by atoms with Gasteiger partial charge < -0.3 is 10.1 Å². The Hall–Kier alpha value is -2.71. The molecule has 0 aliphatic heterocycles. The first-order chi connectivity index (χ1) is 9.79. The first-order valence-electron chi connectivity index (χ1n) is 5.96. The zero-order valence-electron chi connectivity index (χ0n) is 11.4. The molecular weight excluding hydrogens is 285 g/mol. The third kappa shape index (κ3) is 5.43. The summed E-state index contributed by atoms with van der Waals surface area (Å²) in [6.45, 7) is 2.75. The summed E-state index contributed by atoms with van der Waals surface area (Å²) in [5.41, 5.74) is -0.476. The lowest BCUT2D eigenvalue weighted by Crippen LogP contribution is -2.44. The van der Waals surface area contributed by atoms with Gasteiger partial charge in [0.15, 0.2) is 6.61 Å². The summed E-state index contributed by atoms with van der Waals surface area (Å²) in [5, 5.41) is 15.1. The second-order valence-electron chi connectivity index (χ2n) is 4.33. The number of rotatable bonds is 5. The highest BCUT2D eigenvalue weighted by molar-refractivity contribution is 5.95. The fourth-order valence-electron chi connectivity index (χ4n) is 1.36. The predicted molar refractivity (Wildman–Crippen MR) is 70.4 cm³/mol. The normalized spacial score (nSPS) is 10.1. The maximum absolute atomic E-state index is 13.0. The van der Waals surface area contributed by atoms with Crippen LogP contribution in [0.1, 0.15) is 13.8 Å². The number of nitrogens with one attached hydrogen (secondary N) is 2. The molecule has 0 bridgehead atoms. The van der Waals surface area contributed by atoms with Crippen molar-refractivity contribution >= 4 is 17.6 Å². The SMILES string of the molecule is CC(C)NC(=O)NC(=O)COc1cc(F)ccc1[N+](=O)[O-]. The van der Waals surface area contributed by atoms with Gasteiger partial charge in [0.2, 0.25) is 5.75 Å². The van der Waals surface area contributed by atoms with Crippen molar-refractivity contribution in [3.05, 3.63) is 34.1 Å². The first-order valence-corrected chi connectivity index (χ1v) is 5.96. The Morgan fingerprint density at radius 1 is 1.43 bits per heavy atom. The molecule has 1 aromatic carbocycles. The highest BCUT2D eigenvalue weighted by Crippen LogP contribution is 2.27. The Balaban J connectivity index is 2.63. The molecule has 0 aliphatic carbocycles. The van der Waals surface area contributed by atoms with Gasteiger partial charge in [-0.2, -0.15) is 0 Å². The van der Waals surface area contributed by atoms with E-state index in [1.54, 1.807) is 13.8 Å². The van der Waals surface area contributed by atoms with Crippen molar-refractivity contribution in [2.75, 3.05) is 6.61 Å². The molecule has 0 saturated heterocycles. The van der Waals surface area contributed by atoms with Crippen LogP contribution in [0, 0.1) is 15.9 Å². The number of ether oxygens (including phenoxy) is 1. The van der Waals surface area contributed by atoms with Crippen LogP contribution >= 0.6 is 0 Å². The number of hydrogen-bond acceptors (Lipinski definition) is 5. The van der Waals surface area contributed by atoms with Crippen molar-refractivity contribution in [1.29, 1.82) is 0 Å². The quantitative estimate of drug-likeness (QED) is 0.629. The fraction of sp³-hybridized carbons (Fsp3) is 0.333. The average Bonchev–Trinajstić information content (AvgIpc) is 2.34. The van der Waals surface area contributed by atoms with Crippen molar-refractivity contribution in [1.82, 2.24) is 10.6 Å². The molecule has 0 heterocycles. The van der Waals surface area contributed by atoms with Crippen LogP contribution in [0.25, 0.3) is 0 Å². The number of halogens is 1. The molecule has 0 saturated carbocycles. The number of nitro groups is 1. The number of carbonyl (C=O) groups is 2. The van der Waals surface area contributed by atoms with Crippen LogP contribution in [0.15, 0.2) is 18.2 Å². The van der Waals surface area contributed by atoms with Crippen molar-refractivity contribution in [3.63, 3.8) is 0 Å². The van der Waals surface area contributed by atoms with Crippen molar-refractivity contribution in [2.24, 2.45) is 0 Å². The van der Waals surface area contributed by atoms with E-state index in [0.717, 1.165) is 18.2 Å². The Morgan fingerprint density at radius 2 is 2.10 bits per heavy atom. The monoisotopic (exact) mass is 299 g/mol. The van der Waals surface area contributed by atoms with Gasteiger partial charge in [0.25, 0.3) is 5.91 Å². The molecule has 0 spiro atoms. The van der Waals surface area contributed by atoms with E-state index in [1.807, 2.05) is 5.32 Å². The molecule has 0 aliphatic rings. The molecule has 8 nitrogen and oxygen atoms in total. The van der Waals surface area contributed by atoms with E-state index in [0.29, 0.717) is 0 Å². The molecular formula is C12H14FN3O5. The van der Waals surface area contributed by atoms with E-state index in [4.69, 9.17) is 4.74 Å². The van der Waals surface area contributed by atoms with Crippen molar-refractivity contribution in [2.45, 2.75) is 19.9 Å². The van der Waals surface area contributed by atoms with Crippen molar-refractivity contribution in [3.8, 4) is 5.75 Å². The molecule has 1 rings (SSSR count). The van der Waals surface area contributed by atoms with Gasteiger partial charge in [-0.3, -0.25) is 20.2 Å². The lowest BCUT2D eigenvalue weighted by molar-refractivity contribution is -0.385. The molecule has 114 valence electrons. The van der Waals surface area contributed by atoms with Gasteiger partial charge in [0.1, 0.15) is 5.82 Å². The van der Waals surface area contributed by atoms with Crippen LogP contribution in [-0.4, -0.2) is 29.5 Å². The predicted octanol–water partition coefficient (Wildman–Crippen LogP) is 1.35. The van der Waals surface area contributed by atoms with E-state index in [2.05, 4.69) is 5.32 Å². The van der Waals surface area contributed by atoms with Crippen molar-refractivity contribution < 1.29 is 23.6 Å². The summed E-state index contributed by atoms with van der Waals surface area (Å²) < 4.78 is 17.9. The van der Waals surface area contributed by atoms with Gasteiger partial charge in [-0.15, -0.1) is 0 Å². The highest BCUT2D eigenvalue weighted by Gasteiger charge is 2.17. The second-order valence-corrected chi connectivity index (χ2v) is 4.33. The number of imide groups is 1. The minimum atomic E-state index is -0.813. The van der Waals surface area contributed by atoms with Crippen LogP contribution < -0.4 is 15.4 Å². The summed E-state index contributed by atoms with van der Waals surface area (Å²) in [7, 11) is 0. The standard InChI is InChI=1S/C12H14FN3O5/c1-7(2)14-12(18)15-11(17)6-21-10-5-8(13)3-4-9(10)16(19)20/h3-5,7H,6H2,1-2H3,(H2,14,15,17,18). The smallest absolute Gasteiger partial charge is 0.321 e. The molecule has 2 N–H and O–H groups in total. The van der Waals surface area contributed by atoms with Gasteiger partial charge in [0, 0.05) is 18.2 Å². The van der Waals surface area contributed by atoms with Gasteiger partial charge in [-0.25, -0.2) is 9.18 Å². The van der Waals surface area contributed by atoms with E-state index < -0.39 is 35.0 Å². The fourth-order valence-corrected chi connectivity index (χ4v) is 1.36. The number of nitro benzene ring substituents is 1. The third-order valence-corrected chi connectivity index (χ3v) is 2.15. The Labute approximate surface area is 119 Å². The number of nitrogens with zero attached hydrogens (tertiary/aromatic N) is 1.